The predicted octanol–water partition coefficient (Wildman–Crippen LogP) is 6.63. The molecule has 0 aromatic heterocycles. The number of hydrogen-bond acceptors (Lipinski definition) is 4. The highest BCUT2D eigenvalue weighted by Crippen LogP contribution is 2.27. The third kappa shape index (κ3) is 7.09. The van der Waals surface area contributed by atoms with Gasteiger partial charge in [0.05, 0.1) is 10.0 Å². The van der Waals surface area contributed by atoms with Crippen LogP contribution >= 0.6 is 39.1 Å². The van der Waals surface area contributed by atoms with Crippen molar-refractivity contribution in [3.63, 3.8) is 0 Å². The van der Waals surface area contributed by atoms with Gasteiger partial charge in [-0.25, -0.2) is 0 Å². The van der Waals surface area contributed by atoms with E-state index < -0.39 is 11.8 Å². The molecule has 6 nitrogen and oxygen atoms in total. The highest BCUT2D eigenvalue weighted by molar-refractivity contribution is 9.10. The van der Waals surface area contributed by atoms with E-state index in [-0.39, 0.29) is 12.2 Å². The Kier molecular flexibility index (Phi) is 8.72. The van der Waals surface area contributed by atoms with E-state index in [0.717, 1.165) is 5.56 Å². The molecule has 2 N–H and O–H groups in total. The zero-order chi connectivity index (χ0) is 24.7. The summed E-state index contributed by atoms with van der Waals surface area (Å²) in [5.41, 5.74) is 2.36. The number of nitriles is 1. The van der Waals surface area contributed by atoms with E-state index in [0.29, 0.717) is 37.2 Å². The molecule has 3 aromatic rings. The third-order valence-corrected chi connectivity index (χ3v) is 5.71. The fourth-order valence-corrected chi connectivity index (χ4v) is 3.58. The maximum atomic E-state index is 12.6. The first kappa shape index (κ1) is 25.3. The first-order valence-electron chi connectivity index (χ1n) is 9.92. The predicted molar refractivity (Wildman–Crippen MR) is 138 cm³/mol. The van der Waals surface area contributed by atoms with Crippen LogP contribution in [0.3, 0.4) is 0 Å². The lowest BCUT2D eigenvalue weighted by molar-refractivity contribution is -0.118. The van der Waals surface area contributed by atoms with Gasteiger partial charge in [-0.15, -0.1) is 0 Å². The van der Waals surface area contributed by atoms with Gasteiger partial charge in [-0.3, -0.25) is 9.59 Å². The van der Waals surface area contributed by atoms with Crippen LogP contribution in [0.2, 0.25) is 10.0 Å². The Balaban J connectivity index is 1.74. The lowest BCUT2D eigenvalue weighted by Gasteiger charge is -2.11. The Hall–Kier alpha value is -3.31. The molecule has 3 aromatic carbocycles. The second-order valence-corrected chi connectivity index (χ2v) is 8.87. The van der Waals surface area contributed by atoms with Crippen molar-refractivity contribution in [2.45, 2.75) is 6.92 Å². The number of nitrogens with zero attached hydrogens (tertiary/aromatic N) is 1. The maximum absolute atomic E-state index is 12.6. The SMILES string of the molecule is Cc1cccc(NC(=O)/C(C#N)=C/c2cc(Br)ccc2OCC(=O)Nc2ccc(Cl)c(Cl)c2)c1. The highest BCUT2D eigenvalue weighted by atomic mass is 79.9. The van der Waals surface area contributed by atoms with Gasteiger partial charge in [0, 0.05) is 21.4 Å². The number of ether oxygens (including phenoxy) is 1. The smallest absolute Gasteiger partial charge is 0.266 e. The Labute approximate surface area is 215 Å². The van der Waals surface area contributed by atoms with Crippen LogP contribution in [0.5, 0.6) is 5.75 Å². The minimum Gasteiger partial charge on any atom is -0.483 e. The molecule has 0 aliphatic rings. The van der Waals surface area contributed by atoms with Gasteiger partial charge < -0.3 is 15.4 Å². The Morgan fingerprint density at radius 2 is 1.79 bits per heavy atom. The summed E-state index contributed by atoms with van der Waals surface area (Å²) in [6.45, 7) is 1.60. The number of carbonyl (C=O) groups is 2. The molecule has 0 radical (unpaired) electrons. The molecule has 0 spiro atoms. The Bertz CT molecular complexity index is 1320. The minimum atomic E-state index is -0.559. The second-order valence-electron chi connectivity index (χ2n) is 7.14. The zero-order valence-corrected chi connectivity index (χ0v) is 21.0. The van der Waals surface area contributed by atoms with Crippen molar-refractivity contribution in [2.24, 2.45) is 0 Å². The largest absolute Gasteiger partial charge is 0.483 e. The van der Waals surface area contributed by atoms with Gasteiger partial charge in [0.1, 0.15) is 17.4 Å². The molecule has 0 heterocycles. The normalized spacial score (nSPS) is 10.9. The molecule has 0 atom stereocenters. The van der Waals surface area contributed by atoms with Crippen LogP contribution in [0.4, 0.5) is 11.4 Å². The lowest BCUT2D eigenvalue weighted by atomic mass is 10.1. The molecular formula is C25H18BrCl2N3O3. The molecule has 172 valence electrons. The van der Waals surface area contributed by atoms with E-state index in [1.54, 1.807) is 42.5 Å². The second kappa shape index (κ2) is 11.7. The summed E-state index contributed by atoms with van der Waals surface area (Å²) in [5, 5.41) is 15.6. The zero-order valence-electron chi connectivity index (χ0n) is 17.9. The number of hydrogen-bond donors (Lipinski definition) is 2. The van der Waals surface area contributed by atoms with Crippen molar-refractivity contribution in [2.75, 3.05) is 17.2 Å². The van der Waals surface area contributed by atoms with Crippen LogP contribution in [0.1, 0.15) is 11.1 Å². The first-order valence-corrected chi connectivity index (χ1v) is 11.5. The van der Waals surface area contributed by atoms with Crippen LogP contribution in [0, 0.1) is 18.3 Å². The lowest BCUT2D eigenvalue weighted by Crippen LogP contribution is -2.20. The molecule has 0 fully saturated rings. The number of amides is 2. The van der Waals surface area contributed by atoms with Crippen LogP contribution < -0.4 is 15.4 Å². The van der Waals surface area contributed by atoms with Crippen molar-refractivity contribution in [3.8, 4) is 11.8 Å². The number of halogens is 3. The van der Waals surface area contributed by atoms with Crippen molar-refractivity contribution in [1.29, 1.82) is 5.26 Å². The van der Waals surface area contributed by atoms with Crippen LogP contribution in [0.15, 0.2) is 70.7 Å². The van der Waals surface area contributed by atoms with E-state index in [9.17, 15) is 14.9 Å². The number of benzene rings is 3. The molecule has 34 heavy (non-hydrogen) atoms. The first-order chi connectivity index (χ1) is 16.2. The minimum absolute atomic E-state index is 0.121. The maximum Gasteiger partial charge on any atom is 0.266 e. The third-order valence-electron chi connectivity index (χ3n) is 4.47. The number of carbonyl (C=O) groups excluding carboxylic acids is 2. The van der Waals surface area contributed by atoms with E-state index in [4.69, 9.17) is 27.9 Å². The molecule has 2 amide bonds. The number of aryl methyl sites for hydroxylation is 1. The average molecular weight is 559 g/mol. The summed E-state index contributed by atoms with van der Waals surface area (Å²) < 4.78 is 6.37. The summed E-state index contributed by atoms with van der Waals surface area (Å²) in [6.07, 6.45) is 1.40. The quantitative estimate of drug-likeness (QED) is 0.251. The molecule has 0 saturated carbocycles. The summed E-state index contributed by atoms with van der Waals surface area (Å²) in [4.78, 5) is 25.0. The molecule has 0 saturated heterocycles. The van der Waals surface area contributed by atoms with Crippen molar-refractivity contribution in [3.05, 3.63) is 91.9 Å². The molecule has 0 bridgehead atoms. The molecule has 0 aliphatic carbocycles. The Morgan fingerprint density at radius 3 is 2.50 bits per heavy atom. The van der Waals surface area contributed by atoms with Gasteiger partial charge in [-0.2, -0.15) is 5.26 Å². The molecule has 0 unspecified atom stereocenters. The Morgan fingerprint density at radius 1 is 1.03 bits per heavy atom. The average Bonchev–Trinajstić information content (AvgIpc) is 2.79. The van der Waals surface area contributed by atoms with E-state index >= 15 is 0 Å². The molecule has 9 heteroatoms. The number of nitrogens with one attached hydrogen (secondary N) is 2. The highest BCUT2D eigenvalue weighted by Gasteiger charge is 2.13. The summed E-state index contributed by atoms with van der Waals surface area (Å²) in [6, 6.07) is 18.9. The fourth-order valence-electron chi connectivity index (χ4n) is 2.90. The van der Waals surface area contributed by atoms with Gasteiger partial charge >= 0.3 is 0 Å². The fraction of sp³-hybridized carbons (Fsp3) is 0.0800. The van der Waals surface area contributed by atoms with Crippen LogP contribution in [-0.2, 0) is 9.59 Å². The molecular weight excluding hydrogens is 541 g/mol. The van der Waals surface area contributed by atoms with Gasteiger partial charge in [0.25, 0.3) is 11.8 Å². The molecule has 3 rings (SSSR count). The molecule has 0 aliphatic heterocycles. The van der Waals surface area contributed by atoms with Gasteiger partial charge in [0.2, 0.25) is 0 Å². The summed E-state index contributed by atoms with van der Waals surface area (Å²) in [7, 11) is 0. The van der Waals surface area contributed by atoms with Crippen LogP contribution in [-0.4, -0.2) is 18.4 Å². The van der Waals surface area contributed by atoms with E-state index in [1.807, 2.05) is 25.1 Å². The standard InChI is InChI=1S/C25H18BrCl2N3O3/c1-15-3-2-4-19(9-15)31-25(33)17(13-29)10-16-11-18(26)5-8-23(16)34-14-24(32)30-20-6-7-21(27)22(28)12-20/h2-12H,14H2,1H3,(H,30,32)(H,31,33)/b17-10+. The van der Waals surface area contributed by atoms with E-state index in [1.165, 1.54) is 12.1 Å². The number of rotatable bonds is 7. The van der Waals surface area contributed by atoms with E-state index in [2.05, 4.69) is 26.6 Å². The topological polar surface area (TPSA) is 91.2 Å². The van der Waals surface area contributed by atoms with Gasteiger partial charge in [-0.1, -0.05) is 51.3 Å². The summed E-state index contributed by atoms with van der Waals surface area (Å²) >= 11 is 15.2. The van der Waals surface area contributed by atoms with Crippen molar-refractivity contribution >= 4 is 68.4 Å². The van der Waals surface area contributed by atoms with Crippen molar-refractivity contribution < 1.29 is 14.3 Å². The van der Waals surface area contributed by atoms with Crippen molar-refractivity contribution in [1.82, 2.24) is 0 Å². The monoisotopic (exact) mass is 557 g/mol. The van der Waals surface area contributed by atoms with Gasteiger partial charge in [0.15, 0.2) is 6.61 Å². The number of anilines is 2. The summed E-state index contributed by atoms with van der Waals surface area (Å²) in [5.74, 6) is -0.658. The van der Waals surface area contributed by atoms with Gasteiger partial charge in [-0.05, 0) is 67.1 Å². The van der Waals surface area contributed by atoms with Crippen LogP contribution in [0.25, 0.3) is 6.08 Å².